The van der Waals surface area contributed by atoms with Crippen molar-refractivity contribution in [3.8, 4) is 0 Å². The molecule has 1 aliphatic rings. The fraction of sp³-hybridized carbons (Fsp3) is 0.522. The highest BCUT2D eigenvalue weighted by atomic mass is 15.1. The molecule has 6 heteroatoms. The van der Waals surface area contributed by atoms with Gasteiger partial charge in [0.1, 0.15) is 0 Å². The number of benzene rings is 1. The third kappa shape index (κ3) is 9.02. The maximum atomic E-state index is 4.35. The van der Waals surface area contributed by atoms with Crippen molar-refractivity contribution in [2.24, 2.45) is 0 Å². The summed E-state index contributed by atoms with van der Waals surface area (Å²) in [7, 11) is 0. The summed E-state index contributed by atoms with van der Waals surface area (Å²) < 4.78 is 0. The Kier molecular flexibility index (Phi) is 10.1. The Balaban J connectivity index is 1.43. The minimum absolute atomic E-state index is 0.799. The van der Waals surface area contributed by atoms with E-state index in [1.807, 2.05) is 18.3 Å². The Bertz CT molecular complexity index is 647. The topological polar surface area (TPSA) is 64.2 Å². The quantitative estimate of drug-likeness (QED) is 0.596. The molecule has 158 valence electrons. The van der Waals surface area contributed by atoms with Gasteiger partial charge in [-0.25, -0.2) is 0 Å². The van der Waals surface area contributed by atoms with E-state index in [2.05, 4.69) is 61.5 Å². The molecular weight excluding hydrogens is 360 g/mol. The second kappa shape index (κ2) is 13.4. The number of rotatable bonds is 6. The highest BCUT2D eigenvalue weighted by Gasteiger charge is 2.07. The molecule has 1 aliphatic heterocycles. The van der Waals surface area contributed by atoms with Gasteiger partial charge in [0.05, 0.1) is 5.69 Å². The van der Waals surface area contributed by atoms with Crippen molar-refractivity contribution < 1.29 is 0 Å². The third-order valence-electron chi connectivity index (χ3n) is 5.18. The van der Waals surface area contributed by atoms with Crippen LogP contribution in [-0.4, -0.2) is 55.8 Å². The first-order chi connectivity index (χ1) is 14.4. The molecule has 0 aliphatic carbocycles. The molecule has 3 rings (SSSR count). The van der Waals surface area contributed by atoms with E-state index in [1.165, 1.54) is 24.0 Å². The average molecular weight is 397 g/mol. The first-order valence-corrected chi connectivity index (χ1v) is 10.9. The van der Waals surface area contributed by atoms with Gasteiger partial charge in [-0.3, -0.25) is 9.88 Å². The summed E-state index contributed by atoms with van der Waals surface area (Å²) in [4.78, 5) is 6.91. The average Bonchev–Trinajstić information content (AvgIpc) is 2.78. The minimum Gasteiger partial charge on any atom is -0.315 e. The van der Waals surface area contributed by atoms with E-state index in [0.717, 1.165) is 71.3 Å². The Morgan fingerprint density at radius 3 is 2.41 bits per heavy atom. The molecule has 0 bridgehead atoms. The first-order valence-electron chi connectivity index (χ1n) is 10.9. The molecule has 4 N–H and O–H groups in total. The molecule has 1 fully saturated rings. The number of nitrogens with one attached hydrogen (secondary N) is 4. The van der Waals surface area contributed by atoms with Gasteiger partial charge in [-0.2, -0.15) is 0 Å². The van der Waals surface area contributed by atoms with Crippen LogP contribution in [0, 0.1) is 0 Å². The van der Waals surface area contributed by atoms with Crippen molar-refractivity contribution in [2.45, 2.75) is 32.5 Å². The molecule has 29 heavy (non-hydrogen) atoms. The van der Waals surface area contributed by atoms with Crippen LogP contribution in [0.15, 0.2) is 48.7 Å². The lowest BCUT2D eigenvalue weighted by Gasteiger charge is -2.23. The highest BCUT2D eigenvalue weighted by molar-refractivity contribution is 5.22. The molecule has 0 unspecified atom stereocenters. The normalized spacial score (nSPS) is 17.8. The molecule has 2 heterocycles. The van der Waals surface area contributed by atoms with Crippen molar-refractivity contribution in [1.29, 1.82) is 0 Å². The summed E-state index contributed by atoms with van der Waals surface area (Å²) in [6.45, 7) is 10.1. The fourth-order valence-corrected chi connectivity index (χ4v) is 3.52. The van der Waals surface area contributed by atoms with E-state index in [0.29, 0.717) is 0 Å². The lowest BCUT2D eigenvalue weighted by molar-refractivity contribution is 0.261. The predicted molar refractivity (Wildman–Crippen MR) is 119 cm³/mol. The van der Waals surface area contributed by atoms with Crippen molar-refractivity contribution in [3.05, 3.63) is 65.5 Å². The molecule has 0 amide bonds. The number of aromatic nitrogens is 1. The Labute approximate surface area is 175 Å². The van der Waals surface area contributed by atoms with E-state index in [-0.39, 0.29) is 0 Å². The standard InChI is InChI=1S/C23H36N6/c1-2-13-28-23(5-1)18-27-17-21-6-8-22(9-7-21)19-29-15-4-12-26-20-25-11-3-10-24-14-16-29/h1-2,5-9,13,24-27H,3-4,10-12,14-20H2. The molecule has 0 saturated carbocycles. The fourth-order valence-electron chi connectivity index (χ4n) is 3.52. The molecule has 6 nitrogen and oxygen atoms in total. The van der Waals surface area contributed by atoms with Crippen LogP contribution in [0.1, 0.15) is 29.7 Å². The lowest BCUT2D eigenvalue weighted by atomic mass is 10.1. The van der Waals surface area contributed by atoms with Crippen LogP contribution in [0.25, 0.3) is 0 Å². The summed E-state index contributed by atoms with van der Waals surface area (Å²) in [5.41, 5.74) is 3.78. The van der Waals surface area contributed by atoms with Gasteiger partial charge in [0.2, 0.25) is 0 Å². The number of hydrogen-bond donors (Lipinski definition) is 4. The number of pyridine rings is 1. The summed E-state index contributed by atoms with van der Waals surface area (Å²) in [6, 6.07) is 15.1. The molecule has 0 spiro atoms. The second-order valence-corrected chi connectivity index (χ2v) is 7.65. The van der Waals surface area contributed by atoms with Gasteiger partial charge >= 0.3 is 0 Å². The van der Waals surface area contributed by atoms with E-state index in [4.69, 9.17) is 0 Å². The number of nitrogens with zero attached hydrogens (tertiary/aromatic N) is 2. The minimum atomic E-state index is 0.799. The summed E-state index contributed by atoms with van der Waals surface area (Å²) >= 11 is 0. The zero-order valence-corrected chi connectivity index (χ0v) is 17.5. The zero-order valence-electron chi connectivity index (χ0n) is 17.5. The Morgan fingerprint density at radius 1 is 0.793 bits per heavy atom. The molecule has 0 atom stereocenters. The molecule has 2 aromatic rings. The Hall–Kier alpha value is -1.83. The molecule has 0 radical (unpaired) electrons. The van der Waals surface area contributed by atoms with Crippen LogP contribution in [0.4, 0.5) is 0 Å². The van der Waals surface area contributed by atoms with Gasteiger partial charge in [-0.15, -0.1) is 0 Å². The predicted octanol–water partition coefficient (Wildman–Crippen LogP) is 1.69. The van der Waals surface area contributed by atoms with Crippen molar-refractivity contribution in [1.82, 2.24) is 31.2 Å². The highest BCUT2D eigenvalue weighted by Crippen LogP contribution is 2.08. The van der Waals surface area contributed by atoms with Crippen molar-refractivity contribution in [2.75, 3.05) is 45.9 Å². The van der Waals surface area contributed by atoms with Crippen LogP contribution < -0.4 is 21.3 Å². The lowest BCUT2D eigenvalue weighted by Crippen LogP contribution is -2.34. The van der Waals surface area contributed by atoms with Crippen LogP contribution in [-0.2, 0) is 19.6 Å². The van der Waals surface area contributed by atoms with Gasteiger partial charge < -0.3 is 21.3 Å². The first kappa shape index (κ1) is 21.9. The van der Waals surface area contributed by atoms with Gasteiger partial charge in [-0.05, 0) is 62.3 Å². The molecular formula is C23H36N6. The second-order valence-electron chi connectivity index (χ2n) is 7.65. The maximum absolute atomic E-state index is 4.35. The third-order valence-corrected chi connectivity index (χ3v) is 5.18. The molecule has 1 aromatic carbocycles. The van der Waals surface area contributed by atoms with E-state index in [1.54, 1.807) is 0 Å². The van der Waals surface area contributed by atoms with Crippen LogP contribution in [0.2, 0.25) is 0 Å². The Morgan fingerprint density at radius 2 is 1.59 bits per heavy atom. The molecule has 1 saturated heterocycles. The summed E-state index contributed by atoms with van der Waals surface area (Å²) in [5, 5.41) is 13.9. The van der Waals surface area contributed by atoms with Crippen LogP contribution in [0.3, 0.4) is 0 Å². The summed E-state index contributed by atoms with van der Waals surface area (Å²) in [6.07, 6.45) is 4.20. The van der Waals surface area contributed by atoms with Gasteiger partial charge in [0.15, 0.2) is 0 Å². The van der Waals surface area contributed by atoms with Crippen molar-refractivity contribution in [3.63, 3.8) is 0 Å². The number of hydrogen-bond acceptors (Lipinski definition) is 6. The van der Waals surface area contributed by atoms with E-state index >= 15 is 0 Å². The van der Waals surface area contributed by atoms with Gasteiger partial charge in [0, 0.05) is 45.6 Å². The zero-order chi connectivity index (χ0) is 20.0. The smallest absolute Gasteiger partial charge is 0.0541 e. The van der Waals surface area contributed by atoms with Crippen LogP contribution >= 0.6 is 0 Å². The maximum Gasteiger partial charge on any atom is 0.0541 e. The SMILES string of the molecule is c1ccc(CNCc2ccc(CN3CCCNCNCCCNCC3)cc2)nc1. The summed E-state index contributed by atoms with van der Waals surface area (Å²) in [5.74, 6) is 0. The molecule has 1 aromatic heterocycles. The van der Waals surface area contributed by atoms with Crippen LogP contribution in [0.5, 0.6) is 0 Å². The van der Waals surface area contributed by atoms with E-state index < -0.39 is 0 Å². The monoisotopic (exact) mass is 396 g/mol. The van der Waals surface area contributed by atoms with Gasteiger partial charge in [0.25, 0.3) is 0 Å². The van der Waals surface area contributed by atoms with E-state index in [9.17, 15) is 0 Å². The largest absolute Gasteiger partial charge is 0.315 e. The van der Waals surface area contributed by atoms with Crippen molar-refractivity contribution >= 4 is 0 Å². The van der Waals surface area contributed by atoms with Gasteiger partial charge in [-0.1, -0.05) is 30.3 Å².